The number of imidazole rings is 1. The van der Waals surface area contributed by atoms with Crippen LogP contribution in [0, 0.1) is 0 Å². The van der Waals surface area contributed by atoms with Gasteiger partial charge in [0.05, 0.1) is 0 Å². The highest BCUT2D eigenvalue weighted by molar-refractivity contribution is 5.02. The number of hydrogen-bond acceptors (Lipinski definition) is 1. The Morgan fingerprint density at radius 2 is 0.914 bits per heavy atom. The summed E-state index contributed by atoms with van der Waals surface area (Å²) in [5.41, 5.74) is 0. The maximum atomic E-state index is 4.92. The van der Waals surface area contributed by atoms with Crippen molar-refractivity contribution in [3.8, 4) is 0 Å². The van der Waals surface area contributed by atoms with Gasteiger partial charge in [0.25, 0.3) is 0 Å². The third kappa shape index (κ3) is 16.6. The minimum atomic E-state index is 0.592. The summed E-state index contributed by atoms with van der Waals surface area (Å²) in [5, 5.41) is 0. The van der Waals surface area contributed by atoms with Gasteiger partial charge in [0, 0.05) is 24.4 Å². The molecule has 1 rings (SSSR count). The average Bonchev–Trinajstić information content (AvgIpc) is 3.35. The third-order valence-corrected chi connectivity index (χ3v) is 8.08. The smallest absolute Gasteiger partial charge is 0.111 e. The minimum Gasteiger partial charge on any atom is -0.332 e. The van der Waals surface area contributed by atoms with Crippen LogP contribution in [0.4, 0.5) is 0 Å². The van der Waals surface area contributed by atoms with Gasteiger partial charge in [0.2, 0.25) is 0 Å². The molecular formula is C33H64N2. The van der Waals surface area contributed by atoms with Crippen molar-refractivity contribution in [1.29, 1.82) is 0 Å². The fourth-order valence-corrected chi connectivity index (χ4v) is 5.65. The van der Waals surface area contributed by atoms with Gasteiger partial charge in [-0.3, -0.25) is 0 Å². The first-order valence-corrected chi connectivity index (χ1v) is 16.3. The minimum absolute atomic E-state index is 0.592. The van der Waals surface area contributed by atoms with Crippen LogP contribution in [0.25, 0.3) is 0 Å². The summed E-state index contributed by atoms with van der Waals surface area (Å²) in [6, 6.07) is 0.592. The highest BCUT2D eigenvalue weighted by Gasteiger charge is 2.19. The lowest BCUT2D eigenvalue weighted by Crippen LogP contribution is -2.13. The van der Waals surface area contributed by atoms with Crippen molar-refractivity contribution >= 4 is 0 Å². The molecule has 1 heterocycles. The Hall–Kier alpha value is -0.790. The van der Waals surface area contributed by atoms with Crippen LogP contribution in [0.15, 0.2) is 12.4 Å². The van der Waals surface area contributed by atoms with Crippen molar-refractivity contribution in [2.45, 2.75) is 194 Å². The van der Waals surface area contributed by atoms with Crippen molar-refractivity contribution < 1.29 is 0 Å². The largest absolute Gasteiger partial charge is 0.332 e. The van der Waals surface area contributed by atoms with E-state index in [0.717, 1.165) is 0 Å². The fraction of sp³-hybridized carbons (Fsp3) is 0.909. The van der Waals surface area contributed by atoms with Gasteiger partial charge < -0.3 is 4.57 Å². The monoisotopic (exact) mass is 489 g/mol. The van der Waals surface area contributed by atoms with E-state index in [2.05, 4.69) is 44.7 Å². The van der Waals surface area contributed by atoms with Gasteiger partial charge in [-0.05, 0) is 26.2 Å². The Morgan fingerprint density at radius 3 is 1.40 bits per heavy atom. The lowest BCUT2D eigenvalue weighted by molar-refractivity contribution is 0.414. The summed E-state index contributed by atoms with van der Waals surface area (Å²) >= 11 is 0. The second-order valence-corrected chi connectivity index (χ2v) is 11.5. The lowest BCUT2D eigenvalue weighted by atomic mass is 9.93. The van der Waals surface area contributed by atoms with Crippen LogP contribution < -0.4 is 0 Å². The number of aromatic nitrogens is 2. The van der Waals surface area contributed by atoms with Crippen molar-refractivity contribution in [3.05, 3.63) is 18.2 Å². The zero-order valence-electron chi connectivity index (χ0n) is 24.7. The van der Waals surface area contributed by atoms with Crippen LogP contribution in [0.3, 0.4) is 0 Å². The summed E-state index contributed by atoms with van der Waals surface area (Å²) in [5.74, 6) is 2.05. The molecule has 0 aliphatic carbocycles. The molecule has 2 nitrogen and oxygen atoms in total. The molecule has 2 atom stereocenters. The van der Waals surface area contributed by atoms with E-state index >= 15 is 0 Å². The van der Waals surface area contributed by atoms with Crippen LogP contribution in [-0.2, 0) is 0 Å². The van der Waals surface area contributed by atoms with Crippen molar-refractivity contribution in [2.24, 2.45) is 0 Å². The molecule has 0 spiro atoms. The molecule has 35 heavy (non-hydrogen) atoms. The summed E-state index contributed by atoms with van der Waals surface area (Å²) < 4.78 is 2.54. The molecule has 0 radical (unpaired) electrons. The third-order valence-electron chi connectivity index (χ3n) is 8.08. The van der Waals surface area contributed by atoms with Gasteiger partial charge in [-0.25, -0.2) is 4.98 Å². The maximum Gasteiger partial charge on any atom is 0.111 e. The standard InChI is InChI=1S/C33H64N2/c1-5-8-11-13-14-15-16-17-18-19-20-22-25-28-32(27-23-10-7-3)33-34-29-30-35(33)31(4)26-24-21-12-9-6-2/h29-32H,5-28H2,1-4H3. The number of nitrogens with zero attached hydrogens (tertiary/aromatic N) is 2. The SMILES string of the molecule is CCCCCCCCCCCCCCCC(CCCCC)c1nccn1C(C)CCCCCCC. The highest BCUT2D eigenvalue weighted by Crippen LogP contribution is 2.30. The molecule has 0 fully saturated rings. The van der Waals surface area contributed by atoms with E-state index in [9.17, 15) is 0 Å². The lowest BCUT2D eigenvalue weighted by Gasteiger charge is -2.22. The maximum absolute atomic E-state index is 4.92. The van der Waals surface area contributed by atoms with Gasteiger partial charge >= 0.3 is 0 Å². The summed E-state index contributed by atoms with van der Waals surface area (Å²) in [6.45, 7) is 9.35. The van der Waals surface area contributed by atoms with Gasteiger partial charge in [0.1, 0.15) is 5.82 Å². The molecule has 2 heteroatoms. The van der Waals surface area contributed by atoms with Crippen LogP contribution in [0.1, 0.15) is 200 Å². The summed E-state index contributed by atoms with van der Waals surface area (Å²) in [6.07, 6.45) is 37.9. The average molecular weight is 489 g/mol. The Kier molecular flexibility index (Phi) is 21.7. The number of hydrogen-bond donors (Lipinski definition) is 0. The first kappa shape index (κ1) is 32.2. The highest BCUT2D eigenvalue weighted by atomic mass is 15.1. The molecule has 206 valence electrons. The van der Waals surface area contributed by atoms with Crippen LogP contribution in [0.5, 0.6) is 0 Å². The molecular weight excluding hydrogens is 424 g/mol. The van der Waals surface area contributed by atoms with Gasteiger partial charge in [-0.1, -0.05) is 156 Å². The van der Waals surface area contributed by atoms with Crippen LogP contribution >= 0.6 is 0 Å². The Balaban J connectivity index is 2.31. The van der Waals surface area contributed by atoms with Crippen LogP contribution in [-0.4, -0.2) is 9.55 Å². The van der Waals surface area contributed by atoms with E-state index in [-0.39, 0.29) is 0 Å². The van der Waals surface area contributed by atoms with E-state index in [1.807, 2.05) is 0 Å². The molecule has 0 aliphatic rings. The van der Waals surface area contributed by atoms with Gasteiger partial charge in [-0.15, -0.1) is 0 Å². The predicted molar refractivity (Wildman–Crippen MR) is 158 cm³/mol. The zero-order chi connectivity index (χ0) is 25.4. The normalized spacial score (nSPS) is 13.4. The summed E-state index contributed by atoms with van der Waals surface area (Å²) in [4.78, 5) is 4.92. The second-order valence-electron chi connectivity index (χ2n) is 11.5. The molecule has 0 amide bonds. The van der Waals surface area contributed by atoms with E-state index in [1.165, 1.54) is 160 Å². The first-order chi connectivity index (χ1) is 17.2. The molecule has 0 bridgehead atoms. The Labute approximate surface area is 221 Å². The molecule has 0 aliphatic heterocycles. The predicted octanol–water partition coefficient (Wildman–Crippen LogP) is 11.9. The van der Waals surface area contributed by atoms with Crippen molar-refractivity contribution in [3.63, 3.8) is 0 Å². The van der Waals surface area contributed by atoms with E-state index < -0.39 is 0 Å². The quantitative estimate of drug-likeness (QED) is 0.118. The fourth-order valence-electron chi connectivity index (χ4n) is 5.65. The van der Waals surface area contributed by atoms with Crippen molar-refractivity contribution in [2.75, 3.05) is 0 Å². The molecule has 1 aromatic heterocycles. The Morgan fingerprint density at radius 1 is 0.543 bits per heavy atom. The Bertz CT molecular complexity index is 549. The zero-order valence-corrected chi connectivity index (χ0v) is 24.7. The van der Waals surface area contributed by atoms with Crippen LogP contribution in [0.2, 0.25) is 0 Å². The van der Waals surface area contributed by atoms with E-state index in [1.54, 1.807) is 0 Å². The molecule has 0 aromatic carbocycles. The van der Waals surface area contributed by atoms with Gasteiger partial charge in [-0.2, -0.15) is 0 Å². The molecule has 0 N–H and O–H groups in total. The van der Waals surface area contributed by atoms with Gasteiger partial charge in [0.15, 0.2) is 0 Å². The van der Waals surface area contributed by atoms with Crippen molar-refractivity contribution in [1.82, 2.24) is 9.55 Å². The van der Waals surface area contributed by atoms with E-state index in [0.29, 0.717) is 12.0 Å². The molecule has 2 unspecified atom stereocenters. The summed E-state index contributed by atoms with van der Waals surface area (Å²) in [7, 11) is 0. The molecule has 1 aromatic rings. The molecule has 0 saturated carbocycles. The first-order valence-electron chi connectivity index (χ1n) is 16.3. The molecule has 0 saturated heterocycles. The van der Waals surface area contributed by atoms with E-state index in [4.69, 9.17) is 4.98 Å². The number of unbranched alkanes of at least 4 members (excludes halogenated alkanes) is 18. The second kappa shape index (κ2) is 23.6. The number of rotatable bonds is 26. The topological polar surface area (TPSA) is 17.8 Å².